The Labute approximate surface area is 106 Å². The lowest BCUT2D eigenvalue weighted by Gasteiger charge is -2.03. The summed E-state index contributed by atoms with van der Waals surface area (Å²) < 4.78 is 6.37. The van der Waals surface area contributed by atoms with Crippen LogP contribution < -0.4 is 4.74 Å². The van der Waals surface area contributed by atoms with Crippen molar-refractivity contribution in [2.45, 2.75) is 6.61 Å². The van der Waals surface area contributed by atoms with Crippen LogP contribution in [0.3, 0.4) is 0 Å². The van der Waals surface area contributed by atoms with Crippen molar-refractivity contribution in [3.05, 3.63) is 46.5 Å². The first-order valence-electron chi connectivity index (χ1n) is 4.80. The normalized spacial score (nSPS) is 10.2. The van der Waals surface area contributed by atoms with Gasteiger partial charge < -0.3 is 14.8 Å². The molecule has 2 rings (SSSR count). The second-order valence-corrected chi connectivity index (χ2v) is 4.21. The molecule has 0 aliphatic rings. The van der Waals surface area contributed by atoms with E-state index < -0.39 is 5.97 Å². The zero-order valence-electron chi connectivity index (χ0n) is 8.68. The lowest BCUT2D eigenvalue weighted by Crippen LogP contribution is -2.00. The number of aromatic nitrogens is 2. The van der Waals surface area contributed by atoms with Crippen LogP contribution in [-0.4, -0.2) is 21.0 Å². The molecule has 0 spiro atoms. The van der Waals surface area contributed by atoms with E-state index in [0.29, 0.717) is 11.6 Å². The third-order valence-electron chi connectivity index (χ3n) is 2.03. The minimum absolute atomic E-state index is 0.0536. The van der Waals surface area contributed by atoms with Crippen LogP contribution in [-0.2, 0) is 6.61 Å². The number of carboxylic acid groups (broad SMARTS) is 1. The first kappa shape index (κ1) is 11.7. The highest BCUT2D eigenvalue weighted by molar-refractivity contribution is 9.10. The monoisotopic (exact) mass is 296 g/mol. The fraction of sp³-hybridized carbons (Fsp3) is 0.0909. The Morgan fingerprint density at radius 1 is 1.53 bits per heavy atom. The maximum absolute atomic E-state index is 10.6. The zero-order chi connectivity index (χ0) is 12.3. The molecule has 5 nitrogen and oxygen atoms in total. The van der Waals surface area contributed by atoms with Gasteiger partial charge in [-0.15, -0.1) is 0 Å². The Hall–Kier alpha value is -1.82. The van der Waals surface area contributed by atoms with Gasteiger partial charge in [0.1, 0.15) is 23.9 Å². The van der Waals surface area contributed by atoms with Crippen LogP contribution in [0.1, 0.15) is 16.3 Å². The Bertz CT molecular complexity index is 539. The molecule has 0 aliphatic heterocycles. The Kier molecular flexibility index (Phi) is 3.43. The van der Waals surface area contributed by atoms with Gasteiger partial charge in [0.2, 0.25) is 0 Å². The van der Waals surface area contributed by atoms with E-state index in [1.54, 1.807) is 0 Å². The van der Waals surface area contributed by atoms with Crippen molar-refractivity contribution < 1.29 is 14.6 Å². The Morgan fingerprint density at radius 2 is 2.35 bits per heavy atom. The van der Waals surface area contributed by atoms with E-state index in [1.165, 1.54) is 6.20 Å². The minimum Gasteiger partial charge on any atom is -0.486 e. The van der Waals surface area contributed by atoms with Crippen LogP contribution in [0, 0.1) is 0 Å². The molecule has 6 heteroatoms. The van der Waals surface area contributed by atoms with Crippen LogP contribution in [0.5, 0.6) is 5.75 Å². The lowest BCUT2D eigenvalue weighted by molar-refractivity contribution is 0.0691. The van der Waals surface area contributed by atoms with Crippen molar-refractivity contribution in [2.75, 3.05) is 0 Å². The van der Waals surface area contributed by atoms with Gasteiger partial charge >= 0.3 is 5.97 Å². The van der Waals surface area contributed by atoms with Gasteiger partial charge in [-0.2, -0.15) is 0 Å². The minimum atomic E-state index is -1.04. The quantitative estimate of drug-likeness (QED) is 0.909. The molecule has 2 N–H and O–H groups in total. The van der Waals surface area contributed by atoms with Gasteiger partial charge in [0.25, 0.3) is 0 Å². The summed E-state index contributed by atoms with van der Waals surface area (Å²) in [6.07, 6.45) is 1.27. The molecule has 17 heavy (non-hydrogen) atoms. The highest BCUT2D eigenvalue weighted by Crippen LogP contribution is 2.18. The van der Waals surface area contributed by atoms with Crippen molar-refractivity contribution in [3.63, 3.8) is 0 Å². The van der Waals surface area contributed by atoms with Gasteiger partial charge in [0, 0.05) is 4.47 Å². The van der Waals surface area contributed by atoms with Crippen molar-refractivity contribution in [1.29, 1.82) is 0 Å². The number of ether oxygens (including phenoxy) is 1. The number of nitrogens with zero attached hydrogens (tertiary/aromatic N) is 1. The number of hydrogen-bond donors (Lipinski definition) is 2. The van der Waals surface area contributed by atoms with Gasteiger partial charge in [0.15, 0.2) is 0 Å². The molecule has 0 saturated carbocycles. The molecule has 0 aliphatic carbocycles. The highest BCUT2D eigenvalue weighted by Gasteiger charge is 2.07. The number of H-pyrrole nitrogens is 1. The number of carbonyl (C=O) groups is 1. The number of carboxylic acids is 1. The fourth-order valence-electron chi connectivity index (χ4n) is 1.25. The fourth-order valence-corrected chi connectivity index (χ4v) is 1.63. The molecule has 0 atom stereocenters. The molecule has 0 unspecified atom stereocenters. The maximum Gasteiger partial charge on any atom is 0.353 e. The molecule has 2 aromatic rings. The standard InChI is InChI=1S/C11H9BrN2O3/c12-7-2-1-3-8(4-7)17-6-10-13-5-9(14-10)11(15)16/h1-5H,6H2,(H,13,14)(H,15,16). The first-order chi connectivity index (χ1) is 8.15. The summed E-state index contributed by atoms with van der Waals surface area (Å²) in [7, 11) is 0. The van der Waals surface area contributed by atoms with Crippen LogP contribution in [0.15, 0.2) is 34.9 Å². The summed E-state index contributed by atoms with van der Waals surface area (Å²) in [5.41, 5.74) is 0.0536. The summed E-state index contributed by atoms with van der Waals surface area (Å²) in [6, 6.07) is 7.37. The Morgan fingerprint density at radius 3 is 3.00 bits per heavy atom. The van der Waals surface area contributed by atoms with Crippen molar-refractivity contribution in [3.8, 4) is 5.75 Å². The van der Waals surface area contributed by atoms with Gasteiger partial charge in [-0.1, -0.05) is 22.0 Å². The second kappa shape index (κ2) is 5.01. The van der Waals surface area contributed by atoms with E-state index in [4.69, 9.17) is 9.84 Å². The predicted octanol–water partition coefficient (Wildman–Crippen LogP) is 2.45. The summed E-state index contributed by atoms with van der Waals surface area (Å²) in [6.45, 7) is 0.198. The number of imidazole rings is 1. The predicted molar refractivity (Wildman–Crippen MR) is 64.0 cm³/mol. The molecular formula is C11H9BrN2O3. The van der Waals surface area contributed by atoms with E-state index >= 15 is 0 Å². The number of halogens is 1. The second-order valence-electron chi connectivity index (χ2n) is 3.29. The van der Waals surface area contributed by atoms with Crippen LogP contribution in [0.2, 0.25) is 0 Å². The number of rotatable bonds is 4. The van der Waals surface area contributed by atoms with Crippen molar-refractivity contribution in [2.24, 2.45) is 0 Å². The van der Waals surface area contributed by atoms with Gasteiger partial charge in [0.05, 0.1) is 6.20 Å². The van der Waals surface area contributed by atoms with Gasteiger partial charge in [-0.25, -0.2) is 9.78 Å². The van der Waals surface area contributed by atoms with Crippen LogP contribution in [0.4, 0.5) is 0 Å². The van der Waals surface area contributed by atoms with Crippen molar-refractivity contribution >= 4 is 21.9 Å². The molecule has 0 bridgehead atoms. The number of nitrogens with one attached hydrogen (secondary N) is 1. The van der Waals surface area contributed by atoms with E-state index in [9.17, 15) is 4.79 Å². The third kappa shape index (κ3) is 3.07. The topological polar surface area (TPSA) is 75.2 Å². The van der Waals surface area contributed by atoms with E-state index in [2.05, 4.69) is 25.9 Å². The molecule has 1 heterocycles. The average Bonchev–Trinajstić information content (AvgIpc) is 2.75. The summed E-state index contributed by atoms with van der Waals surface area (Å²) in [5.74, 6) is 0.126. The summed E-state index contributed by atoms with van der Waals surface area (Å²) in [4.78, 5) is 17.2. The van der Waals surface area contributed by atoms with Crippen LogP contribution >= 0.6 is 15.9 Å². The molecule has 88 valence electrons. The van der Waals surface area contributed by atoms with Crippen LogP contribution in [0.25, 0.3) is 0 Å². The van der Waals surface area contributed by atoms with Crippen molar-refractivity contribution in [1.82, 2.24) is 9.97 Å². The lowest BCUT2D eigenvalue weighted by atomic mass is 10.3. The maximum atomic E-state index is 10.6. The van der Waals surface area contributed by atoms with E-state index in [-0.39, 0.29) is 12.3 Å². The smallest absolute Gasteiger partial charge is 0.353 e. The van der Waals surface area contributed by atoms with Gasteiger partial charge in [-0.05, 0) is 18.2 Å². The molecular weight excluding hydrogens is 288 g/mol. The molecule has 1 aromatic heterocycles. The van der Waals surface area contributed by atoms with Gasteiger partial charge in [-0.3, -0.25) is 0 Å². The summed E-state index contributed by atoms with van der Waals surface area (Å²) in [5, 5.41) is 8.70. The Balaban J connectivity index is 2.00. The molecule has 1 aromatic carbocycles. The van der Waals surface area contributed by atoms with E-state index in [1.807, 2.05) is 24.3 Å². The SMILES string of the molecule is O=C(O)c1cnc(COc2cccc(Br)c2)[nH]1. The molecule has 0 fully saturated rings. The molecule has 0 radical (unpaired) electrons. The molecule has 0 saturated heterocycles. The number of aromatic amines is 1. The molecule has 0 amide bonds. The number of aromatic carboxylic acids is 1. The highest BCUT2D eigenvalue weighted by atomic mass is 79.9. The number of benzene rings is 1. The third-order valence-corrected chi connectivity index (χ3v) is 2.52. The zero-order valence-corrected chi connectivity index (χ0v) is 10.3. The first-order valence-corrected chi connectivity index (χ1v) is 5.60. The van der Waals surface area contributed by atoms with E-state index in [0.717, 1.165) is 4.47 Å². The average molecular weight is 297 g/mol. The largest absolute Gasteiger partial charge is 0.486 e. The summed E-state index contributed by atoms with van der Waals surface area (Å²) >= 11 is 3.33. The number of hydrogen-bond acceptors (Lipinski definition) is 3.